The Morgan fingerprint density at radius 1 is 1.25 bits per heavy atom. The zero-order chi connectivity index (χ0) is 16.8. The molecule has 0 bridgehead atoms. The normalized spacial score (nSPS) is 12.2. The fraction of sp³-hybridized carbons (Fsp3) is 0.412. The Bertz CT molecular complexity index is 702. The molecule has 0 aliphatic carbocycles. The topological polar surface area (TPSA) is 72.5 Å². The number of thiazole rings is 1. The number of aromatic nitrogens is 1. The van der Waals surface area contributed by atoms with Crippen molar-refractivity contribution < 1.29 is 14.3 Å². The predicted molar refractivity (Wildman–Crippen MR) is 94.4 cm³/mol. The molecule has 0 fully saturated rings. The Kier molecular flexibility index (Phi) is 5.53. The highest BCUT2D eigenvalue weighted by Crippen LogP contribution is 2.35. The Morgan fingerprint density at radius 2 is 2.12 bits per heavy atom. The molecule has 0 spiro atoms. The van der Waals surface area contributed by atoms with Gasteiger partial charge in [0.15, 0.2) is 16.6 Å². The second-order valence-electron chi connectivity index (χ2n) is 5.55. The summed E-state index contributed by atoms with van der Waals surface area (Å²) >= 11 is 1.40. The number of benzene rings is 1. The molecule has 0 unspecified atom stereocenters. The van der Waals surface area contributed by atoms with E-state index in [0.29, 0.717) is 23.1 Å². The molecule has 1 aromatic carbocycles. The molecule has 0 saturated carbocycles. The molecule has 1 amide bonds. The molecule has 0 radical (unpaired) electrons. The highest BCUT2D eigenvalue weighted by atomic mass is 32.1. The minimum absolute atomic E-state index is 0.124. The van der Waals surface area contributed by atoms with Crippen molar-refractivity contribution in [2.45, 2.75) is 32.6 Å². The van der Waals surface area contributed by atoms with Crippen molar-refractivity contribution in [1.82, 2.24) is 10.3 Å². The number of anilines is 2. The van der Waals surface area contributed by atoms with Gasteiger partial charge >= 0.3 is 0 Å². The third kappa shape index (κ3) is 4.17. The lowest BCUT2D eigenvalue weighted by molar-refractivity contribution is 0.0948. The number of carbonyl (C=O) groups is 1. The van der Waals surface area contributed by atoms with Crippen LogP contribution in [-0.2, 0) is 0 Å². The Morgan fingerprint density at radius 3 is 3.00 bits per heavy atom. The van der Waals surface area contributed by atoms with Gasteiger partial charge in [-0.05, 0) is 18.6 Å². The van der Waals surface area contributed by atoms with Crippen molar-refractivity contribution in [1.29, 1.82) is 0 Å². The summed E-state index contributed by atoms with van der Waals surface area (Å²) in [7, 11) is 0. The van der Waals surface area contributed by atoms with E-state index in [1.54, 1.807) is 5.38 Å². The summed E-state index contributed by atoms with van der Waals surface area (Å²) in [5.74, 6) is 1.32. The average molecular weight is 347 g/mol. The van der Waals surface area contributed by atoms with Crippen LogP contribution >= 0.6 is 11.3 Å². The minimum atomic E-state index is -0.124. The van der Waals surface area contributed by atoms with Crippen LogP contribution in [-0.4, -0.2) is 24.2 Å². The van der Waals surface area contributed by atoms with Gasteiger partial charge in [-0.1, -0.05) is 26.2 Å². The lowest BCUT2D eigenvalue weighted by Gasteiger charge is -2.04. The first-order valence-corrected chi connectivity index (χ1v) is 9.04. The van der Waals surface area contributed by atoms with E-state index < -0.39 is 0 Å². The van der Waals surface area contributed by atoms with Gasteiger partial charge in [0.2, 0.25) is 6.79 Å². The van der Waals surface area contributed by atoms with Crippen LogP contribution in [0.25, 0.3) is 0 Å². The van der Waals surface area contributed by atoms with Gasteiger partial charge < -0.3 is 20.1 Å². The Hall–Kier alpha value is -2.28. The molecule has 6 nitrogen and oxygen atoms in total. The van der Waals surface area contributed by atoms with E-state index in [4.69, 9.17) is 9.47 Å². The van der Waals surface area contributed by atoms with E-state index in [2.05, 4.69) is 22.5 Å². The molecule has 1 aliphatic heterocycles. The lowest BCUT2D eigenvalue weighted by atomic mass is 10.2. The van der Waals surface area contributed by atoms with Crippen LogP contribution in [0.5, 0.6) is 11.5 Å². The Balaban J connectivity index is 1.52. The lowest BCUT2D eigenvalue weighted by Crippen LogP contribution is -2.24. The highest BCUT2D eigenvalue weighted by molar-refractivity contribution is 7.14. The summed E-state index contributed by atoms with van der Waals surface area (Å²) in [6, 6.07) is 5.60. The summed E-state index contributed by atoms with van der Waals surface area (Å²) in [6.45, 7) is 3.11. The third-order valence-corrected chi connectivity index (χ3v) is 4.43. The van der Waals surface area contributed by atoms with Gasteiger partial charge in [-0.25, -0.2) is 4.98 Å². The van der Waals surface area contributed by atoms with E-state index in [1.807, 2.05) is 18.2 Å². The molecule has 1 aliphatic rings. The molecule has 0 saturated heterocycles. The number of nitrogens with one attached hydrogen (secondary N) is 2. The van der Waals surface area contributed by atoms with Gasteiger partial charge in [-0.2, -0.15) is 0 Å². The average Bonchev–Trinajstić information content (AvgIpc) is 3.23. The third-order valence-electron chi connectivity index (χ3n) is 3.68. The van der Waals surface area contributed by atoms with Crippen LogP contribution in [0, 0.1) is 0 Å². The summed E-state index contributed by atoms with van der Waals surface area (Å²) in [5, 5.41) is 8.53. The molecule has 2 N–H and O–H groups in total. The molecule has 2 heterocycles. The molecule has 7 heteroatoms. The molecule has 2 aromatic rings. The van der Waals surface area contributed by atoms with Crippen LogP contribution < -0.4 is 20.1 Å². The fourth-order valence-corrected chi connectivity index (χ4v) is 3.09. The van der Waals surface area contributed by atoms with Crippen molar-refractivity contribution in [3.8, 4) is 11.5 Å². The van der Waals surface area contributed by atoms with Gasteiger partial charge in [0.1, 0.15) is 5.69 Å². The molecule has 128 valence electrons. The quantitative estimate of drug-likeness (QED) is 0.708. The van der Waals surface area contributed by atoms with Crippen LogP contribution in [0.4, 0.5) is 10.8 Å². The first kappa shape index (κ1) is 16.6. The van der Waals surface area contributed by atoms with Gasteiger partial charge in [-0.15, -0.1) is 11.3 Å². The number of amides is 1. The number of nitrogens with zero attached hydrogens (tertiary/aromatic N) is 1. The van der Waals surface area contributed by atoms with E-state index in [9.17, 15) is 4.79 Å². The SMILES string of the molecule is CCCCCCNC(=O)c1csc(Nc2ccc3c(c2)OCO3)n1. The number of hydrogen-bond acceptors (Lipinski definition) is 6. The van der Waals surface area contributed by atoms with Gasteiger partial charge in [0.05, 0.1) is 0 Å². The first-order chi connectivity index (χ1) is 11.8. The maximum absolute atomic E-state index is 12.1. The second kappa shape index (κ2) is 8.01. The molecule has 3 rings (SSSR count). The highest BCUT2D eigenvalue weighted by Gasteiger charge is 2.14. The minimum Gasteiger partial charge on any atom is -0.454 e. The maximum atomic E-state index is 12.1. The van der Waals surface area contributed by atoms with Crippen LogP contribution in [0.2, 0.25) is 0 Å². The van der Waals surface area contributed by atoms with Gasteiger partial charge in [0, 0.05) is 23.7 Å². The molecule has 1 aromatic heterocycles. The number of unbranched alkanes of at least 4 members (excludes halogenated alkanes) is 3. The van der Waals surface area contributed by atoms with Crippen molar-refractivity contribution in [2.24, 2.45) is 0 Å². The smallest absolute Gasteiger partial charge is 0.270 e. The van der Waals surface area contributed by atoms with Crippen LogP contribution in [0.15, 0.2) is 23.6 Å². The van der Waals surface area contributed by atoms with Crippen LogP contribution in [0.1, 0.15) is 43.1 Å². The van der Waals surface area contributed by atoms with Crippen LogP contribution in [0.3, 0.4) is 0 Å². The number of hydrogen-bond donors (Lipinski definition) is 2. The van der Waals surface area contributed by atoms with Crippen molar-refractivity contribution in [3.05, 3.63) is 29.3 Å². The first-order valence-electron chi connectivity index (χ1n) is 8.16. The number of rotatable bonds is 8. The largest absolute Gasteiger partial charge is 0.454 e. The zero-order valence-corrected chi connectivity index (χ0v) is 14.4. The van der Waals surface area contributed by atoms with Crippen molar-refractivity contribution in [2.75, 3.05) is 18.7 Å². The second-order valence-corrected chi connectivity index (χ2v) is 6.41. The zero-order valence-electron chi connectivity index (χ0n) is 13.6. The van der Waals surface area contributed by atoms with Crippen molar-refractivity contribution >= 4 is 28.1 Å². The number of carbonyl (C=O) groups excluding carboxylic acids is 1. The summed E-state index contributed by atoms with van der Waals surface area (Å²) < 4.78 is 10.6. The van der Waals surface area contributed by atoms with Crippen molar-refractivity contribution in [3.63, 3.8) is 0 Å². The number of ether oxygens (including phenoxy) is 2. The summed E-state index contributed by atoms with van der Waals surface area (Å²) in [5.41, 5.74) is 1.29. The fourth-order valence-electron chi connectivity index (χ4n) is 2.38. The van der Waals surface area contributed by atoms with E-state index in [1.165, 1.54) is 24.2 Å². The number of fused-ring (bicyclic) bond motifs is 1. The van der Waals surface area contributed by atoms with E-state index >= 15 is 0 Å². The van der Waals surface area contributed by atoms with Gasteiger partial charge in [0.25, 0.3) is 5.91 Å². The monoisotopic (exact) mass is 347 g/mol. The van der Waals surface area contributed by atoms with E-state index in [0.717, 1.165) is 24.3 Å². The standard InChI is InChI=1S/C17H21N3O3S/c1-2-3-4-5-8-18-16(21)13-10-24-17(20-13)19-12-6-7-14-15(9-12)23-11-22-14/h6-7,9-10H,2-5,8,11H2,1H3,(H,18,21)(H,19,20). The molecular formula is C17H21N3O3S. The van der Waals surface area contributed by atoms with E-state index in [-0.39, 0.29) is 12.7 Å². The molecule has 0 atom stereocenters. The summed E-state index contributed by atoms with van der Waals surface area (Å²) in [4.78, 5) is 16.4. The van der Waals surface area contributed by atoms with Gasteiger partial charge in [-0.3, -0.25) is 4.79 Å². The predicted octanol–water partition coefficient (Wildman–Crippen LogP) is 3.93. The Labute approximate surface area is 145 Å². The molecular weight excluding hydrogens is 326 g/mol. The molecule has 24 heavy (non-hydrogen) atoms. The maximum Gasteiger partial charge on any atom is 0.270 e. The summed E-state index contributed by atoms with van der Waals surface area (Å²) in [6.07, 6.45) is 4.54.